The molecule has 6 nitrogen and oxygen atoms in total. The number of allylic oxidation sites excluding steroid dienone is 5. The molecule has 74 heavy (non-hydrogen) atoms. The highest BCUT2D eigenvalue weighted by Gasteiger charge is 2.18. The van der Waals surface area contributed by atoms with Crippen molar-refractivity contribution in [1.82, 2.24) is 5.32 Å². The van der Waals surface area contributed by atoms with Crippen LogP contribution in [0.4, 0.5) is 0 Å². The van der Waals surface area contributed by atoms with E-state index in [1.807, 2.05) is 6.08 Å². The van der Waals surface area contributed by atoms with Crippen LogP contribution in [0.3, 0.4) is 0 Å². The van der Waals surface area contributed by atoms with Crippen LogP contribution in [0.1, 0.15) is 361 Å². The molecule has 2 unspecified atom stereocenters. The molecular weight excluding hydrogens is 911 g/mol. The van der Waals surface area contributed by atoms with E-state index in [4.69, 9.17) is 4.74 Å². The molecule has 0 bridgehead atoms. The van der Waals surface area contributed by atoms with Crippen LogP contribution in [0, 0.1) is 0 Å². The normalized spacial score (nSPS) is 12.8. The maximum Gasteiger partial charge on any atom is 0.305 e. The Hall–Kier alpha value is -1.92. The second-order valence-electron chi connectivity index (χ2n) is 22.8. The number of aliphatic hydroxyl groups excluding tert-OH is 2. The molecule has 0 heterocycles. The number of hydrogen-bond acceptors (Lipinski definition) is 5. The summed E-state index contributed by atoms with van der Waals surface area (Å²) in [5.74, 6) is -0.0548. The number of unbranched alkanes of at least 4 members (excludes halogenated alkanes) is 47. The molecule has 3 N–H and O–H groups in total. The number of rotatable bonds is 62. The van der Waals surface area contributed by atoms with Crippen molar-refractivity contribution >= 4 is 11.9 Å². The lowest BCUT2D eigenvalue weighted by Crippen LogP contribution is -2.45. The molecule has 0 aromatic carbocycles. The van der Waals surface area contributed by atoms with Gasteiger partial charge in [-0.25, -0.2) is 0 Å². The Kier molecular flexibility index (Phi) is 62.0. The number of carbonyl (C=O) groups excluding carboxylic acids is 2. The second-order valence-corrected chi connectivity index (χ2v) is 22.8. The average Bonchev–Trinajstić information content (AvgIpc) is 3.40. The zero-order chi connectivity index (χ0) is 53.6. The largest absolute Gasteiger partial charge is 0.466 e. The minimum atomic E-state index is -0.843. The van der Waals surface area contributed by atoms with Crippen molar-refractivity contribution in [3.8, 4) is 0 Å². The third kappa shape index (κ3) is 59.3. The van der Waals surface area contributed by atoms with Gasteiger partial charge in [-0.05, 0) is 83.5 Å². The summed E-state index contributed by atoms with van der Waals surface area (Å²) in [5, 5.41) is 23.0. The van der Waals surface area contributed by atoms with Gasteiger partial charge >= 0.3 is 5.97 Å². The third-order valence-electron chi connectivity index (χ3n) is 15.4. The van der Waals surface area contributed by atoms with E-state index in [1.165, 1.54) is 295 Å². The van der Waals surface area contributed by atoms with Crippen LogP contribution >= 0.6 is 0 Å². The van der Waals surface area contributed by atoms with Gasteiger partial charge < -0.3 is 20.3 Å². The summed E-state index contributed by atoms with van der Waals surface area (Å²) < 4.78 is 5.50. The van der Waals surface area contributed by atoms with Gasteiger partial charge in [0, 0.05) is 12.8 Å². The van der Waals surface area contributed by atoms with E-state index >= 15 is 0 Å². The van der Waals surface area contributed by atoms with Crippen LogP contribution in [0.5, 0.6) is 0 Å². The first-order valence-corrected chi connectivity index (χ1v) is 33.3. The molecule has 2 atom stereocenters. The fraction of sp³-hybridized carbons (Fsp3) is 0.882. The number of hydrogen-bond donors (Lipinski definition) is 3. The smallest absolute Gasteiger partial charge is 0.305 e. The number of carbonyl (C=O) groups is 2. The van der Waals surface area contributed by atoms with Crippen molar-refractivity contribution in [2.24, 2.45) is 0 Å². The molecule has 0 radical (unpaired) electrons. The summed E-state index contributed by atoms with van der Waals surface area (Å²) in [7, 11) is 0. The van der Waals surface area contributed by atoms with Crippen LogP contribution in [0.2, 0.25) is 0 Å². The molecule has 0 aromatic heterocycles. The molecule has 6 heteroatoms. The number of esters is 1. The van der Waals surface area contributed by atoms with E-state index in [0.717, 1.165) is 38.5 Å². The zero-order valence-corrected chi connectivity index (χ0v) is 49.8. The fourth-order valence-corrected chi connectivity index (χ4v) is 10.3. The van der Waals surface area contributed by atoms with E-state index in [2.05, 4.69) is 43.5 Å². The summed E-state index contributed by atoms with van der Waals surface area (Å²) in [4.78, 5) is 24.5. The SMILES string of the molecule is CCCCCCCC/C=C\CCCCCCCCCCCC(=O)OCCCCCCCCCCCCCC/C=C\CCCCCCCCCCCCCC(=O)NC(CO)C(O)/C=C/CCCCCCCCCCC. The molecule has 0 fully saturated rings. The topological polar surface area (TPSA) is 95.9 Å². The maximum atomic E-state index is 12.4. The average molecular weight is 1040 g/mol. The van der Waals surface area contributed by atoms with Gasteiger partial charge in [0.05, 0.1) is 25.4 Å². The molecule has 1 amide bonds. The van der Waals surface area contributed by atoms with E-state index in [-0.39, 0.29) is 18.5 Å². The van der Waals surface area contributed by atoms with E-state index in [0.29, 0.717) is 19.4 Å². The second kappa shape index (κ2) is 63.6. The molecule has 0 aliphatic heterocycles. The summed E-state index contributed by atoms with van der Waals surface area (Å²) >= 11 is 0. The van der Waals surface area contributed by atoms with E-state index < -0.39 is 12.1 Å². The minimum Gasteiger partial charge on any atom is -0.466 e. The van der Waals surface area contributed by atoms with Gasteiger partial charge in [-0.1, -0.05) is 301 Å². The molecule has 0 spiro atoms. The van der Waals surface area contributed by atoms with Crippen LogP contribution < -0.4 is 5.32 Å². The van der Waals surface area contributed by atoms with Crippen LogP contribution in [-0.2, 0) is 14.3 Å². The molecule has 0 aromatic rings. The molecule has 0 aliphatic rings. The van der Waals surface area contributed by atoms with Gasteiger partial charge in [0.2, 0.25) is 5.91 Å². The lowest BCUT2D eigenvalue weighted by molar-refractivity contribution is -0.143. The Bertz CT molecular complexity index is 1200. The number of aliphatic hydroxyl groups is 2. The predicted molar refractivity (Wildman–Crippen MR) is 324 cm³/mol. The van der Waals surface area contributed by atoms with Gasteiger partial charge in [-0.3, -0.25) is 9.59 Å². The van der Waals surface area contributed by atoms with Gasteiger partial charge in [-0.15, -0.1) is 0 Å². The molecular formula is C68H129NO5. The quantitative estimate of drug-likeness (QED) is 0.0320. The highest BCUT2D eigenvalue weighted by atomic mass is 16.5. The van der Waals surface area contributed by atoms with Crippen molar-refractivity contribution in [1.29, 1.82) is 0 Å². The Balaban J connectivity index is 3.36. The molecule has 0 saturated heterocycles. The molecule has 0 saturated carbocycles. The summed E-state index contributed by atoms with van der Waals surface area (Å²) in [6.07, 6.45) is 80.7. The number of nitrogens with one attached hydrogen (secondary N) is 1. The first-order chi connectivity index (χ1) is 36.5. The highest BCUT2D eigenvalue weighted by molar-refractivity contribution is 5.76. The van der Waals surface area contributed by atoms with E-state index in [9.17, 15) is 19.8 Å². The summed E-state index contributed by atoms with van der Waals surface area (Å²) in [6, 6.07) is -0.627. The van der Waals surface area contributed by atoms with Crippen LogP contribution in [-0.4, -0.2) is 47.4 Å². The highest BCUT2D eigenvalue weighted by Crippen LogP contribution is 2.17. The van der Waals surface area contributed by atoms with Gasteiger partial charge in [-0.2, -0.15) is 0 Å². The lowest BCUT2D eigenvalue weighted by atomic mass is 10.0. The lowest BCUT2D eigenvalue weighted by Gasteiger charge is -2.20. The standard InChI is InChI=1S/C68H129NO5/c1-3-5-7-9-11-13-15-16-17-18-28-32-35-38-42-46-50-54-58-62-68(73)74-63-59-55-51-47-43-39-36-33-30-27-25-23-21-19-20-22-24-26-29-31-34-37-41-45-49-53-57-61-67(72)69-65(64-70)66(71)60-56-52-48-44-40-14-12-10-8-6-4-2/h16-17,19-20,56,60,65-66,70-71H,3-15,18,21-55,57-59,61-64H2,1-2H3,(H,69,72)/b17-16-,20-19-,60-56+. The Morgan fingerprint density at radius 2 is 0.635 bits per heavy atom. The van der Waals surface area contributed by atoms with Crippen molar-refractivity contribution < 1.29 is 24.5 Å². The predicted octanol–water partition coefficient (Wildman–Crippen LogP) is 21.1. The van der Waals surface area contributed by atoms with Crippen LogP contribution in [0.25, 0.3) is 0 Å². The Labute approximate surface area is 462 Å². The summed E-state index contributed by atoms with van der Waals surface area (Å²) in [5.41, 5.74) is 0. The molecule has 436 valence electrons. The fourth-order valence-electron chi connectivity index (χ4n) is 10.3. The monoisotopic (exact) mass is 1040 g/mol. The summed E-state index contributed by atoms with van der Waals surface area (Å²) in [6.45, 7) is 4.90. The third-order valence-corrected chi connectivity index (χ3v) is 15.4. The Morgan fingerprint density at radius 1 is 0.365 bits per heavy atom. The number of amides is 1. The zero-order valence-electron chi connectivity index (χ0n) is 49.8. The first-order valence-electron chi connectivity index (χ1n) is 33.3. The van der Waals surface area contributed by atoms with Crippen LogP contribution in [0.15, 0.2) is 36.5 Å². The first kappa shape index (κ1) is 72.1. The Morgan fingerprint density at radius 3 is 0.959 bits per heavy atom. The minimum absolute atomic E-state index is 0.0144. The van der Waals surface area contributed by atoms with Crippen molar-refractivity contribution in [2.45, 2.75) is 373 Å². The number of ether oxygens (including phenoxy) is 1. The van der Waals surface area contributed by atoms with Crippen molar-refractivity contribution in [3.63, 3.8) is 0 Å². The van der Waals surface area contributed by atoms with Gasteiger partial charge in [0.1, 0.15) is 0 Å². The molecule has 0 rings (SSSR count). The van der Waals surface area contributed by atoms with Crippen molar-refractivity contribution in [2.75, 3.05) is 13.2 Å². The van der Waals surface area contributed by atoms with Gasteiger partial charge in [0.15, 0.2) is 0 Å². The maximum absolute atomic E-state index is 12.4. The van der Waals surface area contributed by atoms with Gasteiger partial charge in [0.25, 0.3) is 0 Å². The molecule has 0 aliphatic carbocycles. The van der Waals surface area contributed by atoms with E-state index in [1.54, 1.807) is 6.08 Å². The van der Waals surface area contributed by atoms with Crippen molar-refractivity contribution in [3.05, 3.63) is 36.5 Å².